The van der Waals surface area contributed by atoms with Crippen LogP contribution in [0.25, 0.3) is 11.2 Å². The highest BCUT2D eigenvalue weighted by atomic mass is 16.2. The zero-order chi connectivity index (χ0) is 22.7. The van der Waals surface area contributed by atoms with Gasteiger partial charge in [-0.25, -0.2) is 14.3 Å². The Morgan fingerprint density at radius 2 is 1.78 bits per heavy atom. The molecule has 164 valence electrons. The van der Waals surface area contributed by atoms with Gasteiger partial charge >= 0.3 is 5.69 Å². The summed E-state index contributed by atoms with van der Waals surface area (Å²) in [5, 5.41) is 2.81. The summed E-state index contributed by atoms with van der Waals surface area (Å²) in [6.07, 6.45) is 3.19. The maximum atomic E-state index is 13.3. The lowest BCUT2D eigenvalue weighted by Gasteiger charge is -2.15. The number of hydrogen-bond donors (Lipinski definition) is 1. The van der Waals surface area contributed by atoms with E-state index in [0.29, 0.717) is 23.4 Å². The summed E-state index contributed by atoms with van der Waals surface area (Å²) in [5.41, 5.74) is 1.08. The van der Waals surface area contributed by atoms with E-state index in [4.69, 9.17) is 0 Å². The number of aromatic nitrogens is 5. The summed E-state index contributed by atoms with van der Waals surface area (Å²) in [4.78, 5) is 47.7. The van der Waals surface area contributed by atoms with Crippen LogP contribution in [-0.2, 0) is 24.4 Å². The molecular formula is C23H24N6O3. The van der Waals surface area contributed by atoms with Crippen molar-refractivity contribution in [2.45, 2.75) is 39.5 Å². The van der Waals surface area contributed by atoms with Gasteiger partial charge in [0.2, 0.25) is 5.91 Å². The molecule has 32 heavy (non-hydrogen) atoms. The van der Waals surface area contributed by atoms with Crippen molar-refractivity contribution >= 4 is 17.1 Å². The van der Waals surface area contributed by atoms with E-state index < -0.39 is 23.7 Å². The number of rotatable bonds is 7. The van der Waals surface area contributed by atoms with Crippen molar-refractivity contribution in [1.82, 2.24) is 29.0 Å². The molecule has 0 aliphatic carbocycles. The fraction of sp³-hybridized carbons (Fsp3) is 0.261. The average Bonchev–Trinajstić information content (AvgIpc) is 3.25. The molecule has 0 radical (unpaired) electrons. The zero-order valence-corrected chi connectivity index (χ0v) is 17.9. The first-order valence-electron chi connectivity index (χ1n) is 10.4. The van der Waals surface area contributed by atoms with Crippen molar-refractivity contribution < 1.29 is 4.79 Å². The molecule has 1 amide bonds. The van der Waals surface area contributed by atoms with Crippen LogP contribution in [-0.4, -0.2) is 29.6 Å². The van der Waals surface area contributed by atoms with Gasteiger partial charge in [0.1, 0.15) is 6.54 Å². The van der Waals surface area contributed by atoms with Crippen molar-refractivity contribution in [2.24, 2.45) is 0 Å². The predicted molar refractivity (Wildman–Crippen MR) is 120 cm³/mol. The minimum Gasteiger partial charge on any atom is -0.346 e. The highest BCUT2D eigenvalue weighted by Crippen LogP contribution is 2.10. The first-order chi connectivity index (χ1) is 15.5. The SMILES string of the molecule is CCn1cnc2c1c(=O)n(CC(=O)N[C@H](C)c1ccccn1)c(=O)n2Cc1ccccc1. The molecule has 9 heteroatoms. The molecule has 1 aromatic carbocycles. The third-order valence-electron chi connectivity index (χ3n) is 5.32. The van der Waals surface area contributed by atoms with Crippen molar-refractivity contribution in [3.05, 3.63) is 93.2 Å². The van der Waals surface area contributed by atoms with Crippen molar-refractivity contribution in [3.63, 3.8) is 0 Å². The number of benzene rings is 1. The summed E-state index contributed by atoms with van der Waals surface area (Å²) in [6, 6.07) is 14.5. The van der Waals surface area contributed by atoms with E-state index in [1.165, 1.54) is 4.57 Å². The van der Waals surface area contributed by atoms with Gasteiger partial charge in [-0.2, -0.15) is 0 Å². The molecule has 0 bridgehead atoms. The minimum atomic E-state index is -0.576. The standard InChI is InChI=1S/C23H24N6O3/c1-3-27-15-25-21-20(27)22(31)29(23(32)28(21)13-17-9-5-4-6-10-17)14-19(30)26-16(2)18-11-7-8-12-24-18/h4-12,15-16H,3,13-14H2,1-2H3,(H,26,30)/t16-/m1/s1. The van der Waals surface area contributed by atoms with Crippen LogP contribution in [0.15, 0.2) is 70.6 Å². The largest absolute Gasteiger partial charge is 0.346 e. The van der Waals surface area contributed by atoms with Gasteiger partial charge in [0.15, 0.2) is 11.2 Å². The van der Waals surface area contributed by atoms with Crippen molar-refractivity contribution in [1.29, 1.82) is 0 Å². The van der Waals surface area contributed by atoms with E-state index >= 15 is 0 Å². The maximum absolute atomic E-state index is 13.3. The van der Waals surface area contributed by atoms with Gasteiger partial charge in [-0.05, 0) is 31.5 Å². The second-order valence-electron chi connectivity index (χ2n) is 7.49. The van der Waals surface area contributed by atoms with Gasteiger partial charge in [-0.1, -0.05) is 36.4 Å². The smallest absolute Gasteiger partial charge is 0.333 e. The summed E-state index contributed by atoms with van der Waals surface area (Å²) in [6.45, 7) is 4.04. The van der Waals surface area contributed by atoms with E-state index in [-0.39, 0.29) is 12.6 Å². The molecule has 0 spiro atoms. The summed E-state index contributed by atoms with van der Waals surface area (Å²) in [5.74, 6) is -0.449. The Kier molecular flexibility index (Phi) is 5.98. The summed E-state index contributed by atoms with van der Waals surface area (Å²) >= 11 is 0. The van der Waals surface area contributed by atoms with Gasteiger partial charge < -0.3 is 9.88 Å². The monoisotopic (exact) mass is 432 g/mol. The molecule has 9 nitrogen and oxygen atoms in total. The number of nitrogens with zero attached hydrogens (tertiary/aromatic N) is 5. The Bertz CT molecular complexity index is 1360. The summed E-state index contributed by atoms with van der Waals surface area (Å²) in [7, 11) is 0. The molecule has 4 rings (SSSR count). The van der Waals surface area contributed by atoms with Crippen LogP contribution >= 0.6 is 0 Å². The Morgan fingerprint density at radius 1 is 1.03 bits per heavy atom. The lowest BCUT2D eigenvalue weighted by atomic mass is 10.2. The van der Waals surface area contributed by atoms with Crippen molar-refractivity contribution in [3.8, 4) is 0 Å². The first kappa shape index (κ1) is 21.2. The second-order valence-corrected chi connectivity index (χ2v) is 7.49. The van der Waals surface area contributed by atoms with Crippen LogP contribution in [0.4, 0.5) is 0 Å². The highest BCUT2D eigenvalue weighted by molar-refractivity contribution is 5.77. The van der Waals surface area contributed by atoms with E-state index in [0.717, 1.165) is 10.1 Å². The Labute approximate surface area is 184 Å². The van der Waals surface area contributed by atoms with Gasteiger partial charge in [-0.3, -0.25) is 19.1 Å². The number of hydrogen-bond acceptors (Lipinski definition) is 5. The average molecular weight is 432 g/mol. The fourth-order valence-electron chi connectivity index (χ4n) is 3.66. The van der Waals surface area contributed by atoms with Gasteiger partial charge in [0.05, 0.1) is 24.6 Å². The molecule has 0 saturated carbocycles. The van der Waals surface area contributed by atoms with E-state index in [9.17, 15) is 14.4 Å². The van der Waals surface area contributed by atoms with E-state index in [1.54, 1.807) is 36.1 Å². The van der Waals surface area contributed by atoms with Crippen LogP contribution in [0.2, 0.25) is 0 Å². The number of fused-ring (bicyclic) bond motifs is 1. The predicted octanol–water partition coefficient (Wildman–Crippen LogP) is 1.70. The normalized spacial score (nSPS) is 12.1. The van der Waals surface area contributed by atoms with Crippen LogP contribution < -0.4 is 16.6 Å². The minimum absolute atomic E-state index is 0.239. The molecule has 3 aromatic heterocycles. The second kappa shape index (κ2) is 9.01. The molecule has 4 aromatic rings. The molecule has 0 aliphatic rings. The maximum Gasteiger partial charge on any atom is 0.333 e. The number of pyridine rings is 1. The Balaban J connectivity index is 1.73. The first-order valence-corrected chi connectivity index (χ1v) is 10.4. The number of nitrogens with one attached hydrogen (secondary N) is 1. The van der Waals surface area contributed by atoms with Crippen LogP contribution in [0.1, 0.15) is 31.1 Å². The molecule has 1 atom stereocenters. The van der Waals surface area contributed by atoms with Crippen LogP contribution in [0, 0.1) is 0 Å². The number of aryl methyl sites for hydroxylation is 1. The van der Waals surface area contributed by atoms with Gasteiger partial charge in [0.25, 0.3) is 5.56 Å². The van der Waals surface area contributed by atoms with E-state index in [1.807, 2.05) is 43.3 Å². The van der Waals surface area contributed by atoms with Crippen LogP contribution in [0.5, 0.6) is 0 Å². The molecule has 0 unspecified atom stereocenters. The molecule has 0 aliphatic heterocycles. The lowest BCUT2D eigenvalue weighted by Crippen LogP contribution is -2.44. The number of imidazole rings is 1. The number of amides is 1. The Hall–Kier alpha value is -4.01. The topological polar surface area (TPSA) is 104 Å². The van der Waals surface area contributed by atoms with Gasteiger partial charge in [-0.15, -0.1) is 0 Å². The van der Waals surface area contributed by atoms with Gasteiger partial charge in [0, 0.05) is 12.7 Å². The molecule has 0 saturated heterocycles. The molecule has 0 fully saturated rings. The third kappa shape index (κ3) is 4.09. The third-order valence-corrected chi connectivity index (χ3v) is 5.32. The Morgan fingerprint density at radius 3 is 2.47 bits per heavy atom. The zero-order valence-electron chi connectivity index (χ0n) is 17.9. The fourth-order valence-corrected chi connectivity index (χ4v) is 3.66. The number of carbonyl (C=O) groups excluding carboxylic acids is 1. The molecule has 1 N–H and O–H groups in total. The van der Waals surface area contributed by atoms with E-state index in [2.05, 4.69) is 15.3 Å². The molecule has 3 heterocycles. The highest BCUT2D eigenvalue weighted by Gasteiger charge is 2.20. The quantitative estimate of drug-likeness (QED) is 0.479. The number of carbonyl (C=O) groups is 1. The summed E-state index contributed by atoms with van der Waals surface area (Å²) < 4.78 is 4.09. The lowest BCUT2D eigenvalue weighted by molar-refractivity contribution is -0.122. The van der Waals surface area contributed by atoms with Crippen LogP contribution in [0.3, 0.4) is 0 Å². The van der Waals surface area contributed by atoms with Crippen molar-refractivity contribution in [2.75, 3.05) is 0 Å². The molecular weight excluding hydrogens is 408 g/mol.